The number of carbonyl (C=O) groups is 1. The van der Waals surface area contributed by atoms with Crippen molar-refractivity contribution in [1.29, 1.82) is 0 Å². The molecule has 1 aromatic rings. The highest BCUT2D eigenvalue weighted by Gasteiger charge is 2.35. The molecule has 1 unspecified atom stereocenters. The molecule has 0 bridgehead atoms. The minimum atomic E-state index is -0.0678. The van der Waals surface area contributed by atoms with Crippen LogP contribution in [0.5, 0.6) is 0 Å². The van der Waals surface area contributed by atoms with Gasteiger partial charge in [0.2, 0.25) is 0 Å². The summed E-state index contributed by atoms with van der Waals surface area (Å²) in [4.78, 5) is 12.2. The van der Waals surface area contributed by atoms with Gasteiger partial charge in [-0.1, -0.05) is 13.8 Å². The van der Waals surface area contributed by atoms with Crippen LogP contribution in [-0.4, -0.2) is 34.4 Å². The molecule has 1 atom stereocenters. The Kier molecular flexibility index (Phi) is 4.24. The van der Waals surface area contributed by atoms with Gasteiger partial charge in [-0.2, -0.15) is 5.10 Å². The summed E-state index contributed by atoms with van der Waals surface area (Å²) in [6.07, 6.45) is 5.32. The number of H-pyrrole nitrogens is 1. The van der Waals surface area contributed by atoms with Crippen LogP contribution in [-0.2, 0) is 4.74 Å². The van der Waals surface area contributed by atoms with E-state index in [9.17, 15) is 4.79 Å². The summed E-state index contributed by atoms with van der Waals surface area (Å²) in [7, 11) is 0. The number of ether oxygens (including phenoxy) is 1. The highest BCUT2D eigenvalue weighted by molar-refractivity contribution is 5.95. The molecule has 19 heavy (non-hydrogen) atoms. The first kappa shape index (κ1) is 14.1. The molecule has 0 saturated carbocycles. The molecule has 0 aliphatic carbocycles. The van der Waals surface area contributed by atoms with Gasteiger partial charge in [0.05, 0.1) is 17.4 Å². The number of hydrogen-bond acceptors (Lipinski definition) is 3. The molecule has 1 aromatic heterocycles. The first-order valence-electron chi connectivity index (χ1n) is 7.05. The maximum absolute atomic E-state index is 12.2. The van der Waals surface area contributed by atoms with E-state index in [1.165, 1.54) is 0 Å². The van der Waals surface area contributed by atoms with Gasteiger partial charge in [0.15, 0.2) is 0 Å². The van der Waals surface area contributed by atoms with E-state index in [0.717, 1.165) is 38.0 Å². The fraction of sp³-hybridized carbons (Fsp3) is 0.714. The van der Waals surface area contributed by atoms with E-state index in [4.69, 9.17) is 4.74 Å². The summed E-state index contributed by atoms with van der Waals surface area (Å²) in [5.41, 5.74) is 1.37. The van der Waals surface area contributed by atoms with Crippen LogP contribution in [0.15, 0.2) is 6.20 Å². The van der Waals surface area contributed by atoms with E-state index in [1.807, 2.05) is 6.92 Å². The number of rotatable bonds is 4. The molecular formula is C14H23N3O2. The van der Waals surface area contributed by atoms with Crippen molar-refractivity contribution in [3.63, 3.8) is 0 Å². The lowest BCUT2D eigenvalue weighted by Crippen LogP contribution is -2.48. The second kappa shape index (κ2) is 5.74. The standard InChI is InChI=1S/C14H23N3O2/c1-4-14(5-2)8-11(6-7-19-14)16-13(18)12-9-15-17-10(12)3/h9,11H,4-8H2,1-3H3,(H,15,17)(H,16,18). The van der Waals surface area contributed by atoms with Crippen molar-refractivity contribution < 1.29 is 9.53 Å². The second-order valence-electron chi connectivity index (χ2n) is 5.31. The Morgan fingerprint density at radius 2 is 2.32 bits per heavy atom. The first-order chi connectivity index (χ1) is 9.10. The largest absolute Gasteiger partial charge is 0.375 e. The van der Waals surface area contributed by atoms with Gasteiger partial charge in [0.1, 0.15) is 0 Å². The zero-order valence-electron chi connectivity index (χ0n) is 12.0. The van der Waals surface area contributed by atoms with Gasteiger partial charge in [-0.15, -0.1) is 0 Å². The molecule has 2 N–H and O–H groups in total. The fourth-order valence-corrected chi connectivity index (χ4v) is 2.74. The van der Waals surface area contributed by atoms with Gasteiger partial charge in [-0.25, -0.2) is 0 Å². The number of nitrogens with zero attached hydrogens (tertiary/aromatic N) is 1. The lowest BCUT2D eigenvalue weighted by Gasteiger charge is -2.40. The van der Waals surface area contributed by atoms with Gasteiger partial charge in [-0.3, -0.25) is 9.89 Å². The van der Waals surface area contributed by atoms with Gasteiger partial charge >= 0.3 is 0 Å². The highest BCUT2D eigenvalue weighted by atomic mass is 16.5. The van der Waals surface area contributed by atoms with Crippen molar-refractivity contribution in [3.05, 3.63) is 17.5 Å². The van der Waals surface area contributed by atoms with Crippen LogP contribution in [0.25, 0.3) is 0 Å². The summed E-state index contributed by atoms with van der Waals surface area (Å²) >= 11 is 0. The van der Waals surface area contributed by atoms with Crippen LogP contribution < -0.4 is 5.32 Å². The van der Waals surface area contributed by atoms with E-state index >= 15 is 0 Å². The van der Waals surface area contributed by atoms with Crippen LogP contribution >= 0.6 is 0 Å². The average Bonchev–Trinajstić information content (AvgIpc) is 2.85. The van der Waals surface area contributed by atoms with Gasteiger partial charge in [-0.05, 0) is 32.6 Å². The predicted molar refractivity (Wildman–Crippen MR) is 73.1 cm³/mol. The zero-order chi connectivity index (χ0) is 13.9. The molecule has 2 rings (SSSR count). The molecule has 1 aliphatic heterocycles. The topological polar surface area (TPSA) is 67.0 Å². The quantitative estimate of drug-likeness (QED) is 0.877. The zero-order valence-corrected chi connectivity index (χ0v) is 12.0. The number of carbonyl (C=O) groups excluding carboxylic acids is 1. The first-order valence-corrected chi connectivity index (χ1v) is 7.05. The van der Waals surface area contributed by atoms with E-state index in [2.05, 4.69) is 29.4 Å². The third-order valence-electron chi connectivity index (χ3n) is 4.19. The number of aryl methyl sites for hydroxylation is 1. The molecule has 0 spiro atoms. The summed E-state index contributed by atoms with van der Waals surface area (Å²) in [5.74, 6) is -0.0424. The second-order valence-corrected chi connectivity index (χ2v) is 5.31. The molecule has 106 valence electrons. The molecule has 5 heteroatoms. The Morgan fingerprint density at radius 3 is 2.89 bits per heavy atom. The van der Waals surface area contributed by atoms with E-state index in [1.54, 1.807) is 6.20 Å². The average molecular weight is 265 g/mol. The molecule has 1 fully saturated rings. The van der Waals surface area contributed by atoms with Crippen molar-refractivity contribution in [3.8, 4) is 0 Å². The molecule has 1 amide bonds. The SMILES string of the molecule is CCC1(CC)CC(NC(=O)c2cn[nH]c2C)CCO1. The van der Waals surface area contributed by atoms with Crippen LogP contribution in [0, 0.1) is 6.92 Å². The molecule has 1 saturated heterocycles. The Morgan fingerprint density at radius 1 is 1.58 bits per heavy atom. The van der Waals surface area contributed by atoms with Crippen molar-refractivity contribution in [2.45, 2.75) is 58.1 Å². The Bertz CT molecular complexity index is 438. The summed E-state index contributed by atoms with van der Waals surface area (Å²) in [6.45, 7) is 6.87. The summed E-state index contributed by atoms with van der Waals surface area (Å²) in [5, 5.41) is 9.78. The van der Waals surface area contributed by atoms with Crippen molar-refractivity contribution in [2.24, 2.45) is 0 Å². The van der Waals surface area contributed by atoms with Gasteiger partial charge < -0.3 is 10.1 Å². The smallest absolute Gasteiger partial charge is 0.254 e. The lowest BCUT2D eigenvalue weighted by molar-refractivity contribution is -0.0917. The van der Waals surface area contributed by atoms with E-state index < -0.39 is 0 Å². The third kappa shape index (κ3) is 2.97. The number of nitrogens with one attached hydrogen (secondary N) is 2. The molecule has 5 nitrogen and oxygen atoms in total. The van der Waals surface area contributed by atoms with Crippen LogP contribution in [0.4, 0.5) is 0 Å². The van der Waals surface area contributed by atoms with Crippen LogP contribution in [0.2, 0.25) is 0 Å². The van der Waals surface area contributed by atoms with E-state index in [0.29, 0.717) is 5.56 Å². The monoisotopic (exact) mass is 265 g/mol. The van der Waals surface area contributed by atoms with E-state index in [-0.39, 0.29) is 17.6 Å². The minimum absolute atomic E-state index is 0.0424. The molecule has 0 radical (unpaired) electrons. The minimum Gasteiger partial charge on any atom is -0.375 e. The molecule has 1 aliphatic rings. The van der Waals surface area contributed by atoms with Gasteiger partial charge in [0.25, 0.3) is 5.91 Å². The lowest BCUT2D eigenvalue weighted by atomic mass is 9.86. The maximum Gasteiger partial charge on any atom is 0.254 e. The maximum atomic E-state index is 12.2. The highest BCUT2D eigenvalue weighted by Crippen LogP contribution is 2.31. The van der Waals surface area contributed by atoms with Crippen molar-refractivity contribution in [2.75, 3.05) is 6.61 Å². The van der Waals surface area contributed by atoms with Crippen molar-refractivity contribution in [1.82, 2.24) is 15.5 Å². The molecule has 2 heterocycles. The Labute approximate surface area is 114 Å². The Balaban J connectivity index is 2.00. The summed E-state index contributed by atoms with van der Waals surface area (Å²) < 4.78 is 5.92. The fourth-order valence-electron chi connectivity index (χ4n) is 2.74. The van der Waals surface area contributed by atoms with Crippen LogP contribution in [0.3, 0.4) is 0 Å². The van der Waals surface area contributed by atoms with Crippen LogP contribution in [0.1, 0.15) is 55.6 Å². The third-order valence-corrected chi connectivity index (χ3v) is 4.19. The summed E-state index contributed by atoms with van der Waals surface area (Å²) in [6, 6.07) is 0.190. The Hall–Kier alpha value is -1.36. The molecule has 0 aromatic carbocycles. The van der Waals surface area contributed by atoms with Crippen molar-refractivity contribution >= 4 is 5.91 Å². The number of aromatic nitrogens is 2. The number of aromatic amines is 1. The number of amides is 1. The number of hydrogen-bond donors (Lipinski definition) is 2. The van der Waals surface area contributed by atoms with Gasteiger partial charge in [0, 0.05) is 18.3 Å². The normalized spacial score (nSPS) is 22.2. The predicted octanol–water partition coefficient (Wildman–Crippen LogP) is 2.19. The molecular weight excluding hydrogens is 242 g/mol.